The van der Waals surface area contributed by atoms with Crippen molar-refractivity contribution in [3.05, 3.63) is 0 Å². The van der Waals surface area contributed by atoms with Gasteiger partial charge in [0.25, 0.3) is 0 Å². The zero-order chi connectivity index (χ0) is 8.39. The topological polar surface area (TPSA) is 26.3 Å². The van der Waals surface area contributed by atoms with Gasteiger partial charge >= 0.3 is 5.97 Å². The van der Waals surface area contributed by atoms with Crippen LogP contribution in [0.3, 0.4) is 0 Å². The van der Waals surface area contributed by atoms with Crippen LogP contribution in [-0.4, -0.2) is 12.1 Å². The summed E-state index contributed by atoms with van der Waals surface area (Å²) in [7, 11) is 0. The summed E-state index contributed by atoms with van der Waals surface area (Å²) < 4.78 is 5.38. The second-order valence-electron chi connectivity index (χ2n) is 3.97. The summed E-state index contributed by atoms with van der Waals surface area (Å²) in [6.45, 7) is 0. The van der Waals surface area contributed by atoms with E-state index in [1.165, 1.54) is 25.7 Å². The van der Waals surface area contributed by atoms with Gasteiger partial charge in [-0.1, -0.05) is 6.42 Å². The van der Waals surface area contributed by atoms with E-state index in [-0.39, 0.29) is 12.1 Å². The van der Waals surface area contributed by atoms with Crippen LogP contribution in [0.15, 0.2) is 0 Å². The zero-order valence-electron chi connectivity index (χ0n) is 7.42. The van der Waals surface area contributed by atoms with Gasteiger partial charge in [-0.05, 0) is 38.0 Å². The van der Waals surface area contributed by atoms with Gasteiger partial charge in [0.1, 0.15) is 6.10 Å². The van der Waals surface area contributed by atoms with Crippen molar-refractivity contribution >= 4 is 5.97 Å². The fourth-order valence-corrected chi connectivity index (χ4v) is 2.40. The number of fused-ring (bicyclic) bond motifs is 1. The van der Waals surface area contributed by atoms with E-state index >= 15 is 0 Å². The highest BCUT2D eigenvalue weighted by molar-refractivity contribution is 5.69. The van der Waals surface area contributed by atoms with Crippen LogP contribution in [0.4, 0.5) is 0 Å². The van der Waals surface area contributed by atoms with Gasteiger partial charge in [-0.15, -0.1) is 0 Å². The highest BCUT2D eigenvalue weighted by Crippen LogP contribution is 2.32. The van der Waals surface area contributed by atoms with Crippen molar-refractivity contribution < 1.29 is 9.53 Å². The molecule has 0 aromatic carbocycles. The van der Waals surface area contributed by atoms with Crippen molar-refractivity contribution in [3.8, 4) is 0 Å². The number of carbonyl (C=O) groups excluding carboxylic acids is 1. The summed E-state index contributed by atoms with van der Waals surface area (Å²) in [6.07, 6.45) is 8.12. The molecule has 1 aliphatic carbocycles. The number of rotatable bonds is 0. The van der Waals surface area contributed by atoms with Crippen molar-refractivity contribution in [2.24, 2.45) is 5.92 Å². The number of hydrogen-bond donors (Lipinski definition) is 0. The molecule has 2 heteroatoms. The van der Waals surface area contributed by atoms with Crippen LogP contribution in [-0.2, 0) is 9.53 Å². The summed E-state index contributed by atoms with van der Waals surface area (Å²) in [5, 5.41) is 0. The van der Waals surface area contributed by atoms with Crippen LogP contribution in [0.25, 0.3) is 0 Å². The Kier molecular flexibility index (Phi) is 2.33. The number of hydrogen-bond acceptors (Lipinski definition) is 2. The Balaban J connectivity index is 2.01. The summed E-state index contributed by atoms with van der Waals surface area (Å²) in [5.74, 6) is 0.717. The lowest BCUT2D eigenvalue weighted by Crippen LogP contribution is -2.27. The third-order valence-electron chi connectivity index (χ3n) is 3.08. The molecule has 0 N–H and O–H groups in total. The van der Waals surface area contributed by atoms with E-state index in [0.717, 1.165) is 12.8 Å². The molecule has 0 aromatic heterocycles. The first-order valence-corrected chi connectivity index (χ1v) is 5.06. The molecule has 1 saturated heterocycles. The van der Waals surface area contributed by atoms with Gasteiger partial charge in [0.2, 0.25) is 0 Å². The minimum atomic E-state index is 0.0319. The van der Waals surface area contributed by atoms with Crippen LogP contribution in [0.1, 0.15) is 44.9 Å². The molecule has 0 amide bonds. The molecule has 0 unspecified atom stereocenters. The maximum absolute atomic E-state index is 11.1. The van der Waals surface area contributed by atoms with Gasteiger partial charge in [0, 0.05) is 6.42 Å². The monoisotopic (exact) mass is 168 g/mol. The van der Waals surface area contributed by atoms with Crippen LogP contribution >= 0.6 is 0 Å². The molecular weight excluding hydrogens is 152 g/mol. The number of ether oxygens (including phenoxy) is 1. The van der Waals surface area contributed by atoms with Crippen molar-refractivity contribution in [1.82, 2.24) is 0 Å². The van der Waals surface area contributed by atoms with E-state index in [2.05, 4.69) is 0 Å². The van der Waals surface area contributed by atoms with E-state index in [1.54, 1.807) is 0 Å². The van der Waals surface area contributed by atoms with Gasteiger partial charge in [-0.3, -0.25) is 4.79 Å². The fourth-order valence-electron chi connectivity index (χ4n) is 2.40. The first-order chi connectivity index (χ1) is 5.86. The second kappa shape index (κ2) is 3.46. The van der Waals surface area contributed by atoms with Gasteiger partial charge in [-0.2, -0.15) is 0 Å². The Bertz CT molecular complexity index is 177. The van der Waals surface area contributed by atoms with E-state index in [1.807, 2.05) is 0 Å². The third kappa shape index (κ3) is 1.62. The van der Waals surface area contributed by atoms with Gasteiger partial charge in [0.05, 0.1) is 0 Å². The second-order valence-corrected chi connectivity index (χ2v) is 3.97. The molecule has 2 aliphatic rings. The molecule has 0 spiro atoms. The zero-order valence-corrected chi connectivity index (χ0v) is 7.42. The quantitative estimate of drug-likeness (QED) is 0.519. The number of esters is 1. The van der Waals surface area contributed by atoms with Crippen molar-refractivity contribution in [2.75, 3.05) is 0 Å². The van der Waals surface area contributed by atoms with E-state index in [9.17, 15) is 4.79 Å². The fraction of sp³-hybridized carbons (Fsp3) is 0.900. The first-order valence-electron chi connectivity index (χ1n) is 5.06. The van der Waals surface area contributed by atoms with E-state index < -0.39 is 0 Å². The molecule has 2 rings (SSSR count). The molecule has 68 valence electrons. The van der Waals surface area contributed by atoms with Gasteiger partial charge in [-0.25, -0.2) is 0 Å². The Labute approximate surface area is 73.3 Å². The maximum atomic E-state index is 11.1. The van der Waals surface area contributed by atoms with Crippen LogP contribution in [0.2, 0.25) is 0 Å². The molecular formula is C10H16O2. The average molecular weight is 168 g/mol. The SMILES string of the molecule is O=C1CCC[C@H]2CCCC[C@@H]2O1. The first kappa shape index (κ1) is 8.09. The smallest absolute Gasteiger partial charge is 0.306 e. The molecule has 1 saturated carbocycles. The van der Waals surface area contributed by atoms with Crippen LogP contribution in [0, 0.1) is 5.92 Å². The summed E-state index contributed by atoms with van der Waals surface area (Å²) in [6, 6.07) is 0. The van der Waals surface area contributed by atoms with Crippen molar-refractivity contribution in [1.29, 1.82) is 0 Å². The van der Waals surface area contributed by atoms with E-state index in [0.29, 0.717) is 12.3 Å². The average Bonchev–Trinajstić information content (AvgIpc) is 2.25. The molecule has 0 radical (unpaired) electrons. The highest BCUT2D eigenvalue weighted by Gasteiger charge is 2.30. The minimum absolute atomic E-state index is 0.0319. The maximum Gasteiger partial charge on any atom is 0.306 e. The summed E-state index contributed by atoms with van der Waals surface area (Å²) in [4.78, 5) is 11.1. The van der Waals surface area contributed by atoms with Crippen molar-refractivity contribution in [3.63, 3.8) is 0 Å². The Hall–Kier alpha value is -0.530. The predicted octanol–water partition coefficient (Wildman–Crippen LogP) is 2.27. The molecule has 0 bridgehead atoms. The molecule has 1 aliphatic heterocycles. The molecule has 0 aromatic rings. The molecule has 2 nitrogen and oxygen atoms in total. The lowest BCUT2D eigenvalue weighted by Gasteiger charge is -2.28. The van der Waals surface area contributed by atoms with Gasteiger partial charge < -0.3 is 4.74 Å². The highest BCUT2D eigenvalue weighted by atomic mass is 16.5. The number of carbonyl (C=O) groups is 1. The predicted molar refractivity (Wildman–Crippen MR) is 45.7 cm³/mol. The Morgan fingerprint density at radius 3 is 2.75 bits per heavy atom. The standard InChI is InChI=1S/C10H16O2/c11-10-7-3-5-8-4-1-2-6-9(8)12-10/h8-9H,1-7H2/t8-,9+/m1/s1. The third-order valence-corrected chi connectivity index (χ3v) is 3.08. The Morgan fingerprint density at radius 2 is 1.83 bits per heavy atom. The summed E-state index contributed by atoms with van der Waals surface area (Å²) >= 11 is 0. The molecule has 1 heterocycles. The largest absolute Gasteiger partial charge is 0.462 e. The van der Waals surface area contributed by atoms with E-state index in [4.69, 9.17) is 4.74 Å². The molecule has 2 fully saturated rings. The lowest BCUT2D eigenvalue weighted by atomic mass is 9.84. The lowest BCUT2D eigenvalue weighted by molar-refractivity contribution is -0.151. The minimum Gasteiger partial charge on any atom is -0.462 e. The van der Waals surface area contributed by atoms with Crippen molar-refractivity contribution in [2.45, 2.75) is 51.0 Å². The van der Waals surface area contributed by atoms with Gasteiger partial charge in [0.15, 0.2) is 0 Å². The van der Waals surface area contributed by atoms with Crippen LogP contribution in [0.5, 0.6) is 0 Å². The molecule has 2 atom stereocenters. The normalized spacial score (nSPS) is 36.5. The van der Waals surface area contributed by atoms with Crippen LogP contribution < -0.4 is 0 Å². The Morgan fingerprint density at radius 1 is 1.08 bits per heavy atom. The molecule has 12 heavy (non-hydrogen) atoms. The summed E-state index contributed by atoms with van der Waals surface area (Å²) in [5.41, 5.74) is 0.